The Morgan fingerprint density at radius 2 is 1.62 bits per heavy atom. The summed E-state index contributed by atoms with van der Waals surface area (Å²) in [6.07, 6.45) is -0.999. The average molecular weight is 359 g/mol. The summed E-state index contributed by atoms with van der Waals surface area (Å²) < 4.78 is 23.4. The van der Waals surface area contributed by atoms with Gasteiger partial charge in [-0.25, -0.2) is 9.18 Å². The van der Waals surface area contributed by atoms with Crippen LogP contribution in [0.25, 0.3) is 0 Å². The summed E-state index contributed by atoms with van der Waals surface area (Å²) in [5, 5.41) is 2.69. The third kappa shape index (κ3) is 5.58. The smallest absolute Gasteiger partial charge is 0.347 e. The van der Waals surface area contributed by atoms with Crippen LogP contribution in [0, 0.1) is 5.82 Å². The van der Waals surface area contributed by atoms with Crippen molar-refractivity contribution < 1.29 is 23.5 Å². The van der Waals surface area contributed by atoms with Gasteiger partial charge in [-0.3, -0.25) is 4.79 Å². The summed E-state index contributed by atoms with van der Waals surface area (Å²) in [7, 11) is 0. The Labute approximate surface area is 152 Å². The minimum Gasteiger partial charge on any atom is -0.479 e. The molecule has 26 heavy (non-hydrogen) atoms. The van der Waals surface area contributed by atoms with Crippen LogP contribution >= 0.6 is 0 Å². The highest BCUT2D eigenvalue weighted by Crippen LogP contribution is 2.14. The lowest BCUT2D eigenvalue weighted by molar-refractivity contribution is -0.159. The fourth-order valence-electron chi connectivity index (χ4n) is 2.16. The first-order chi connectivity index (χ1) is 12.4. The van der Waals surface area contributed by atoms with Crippen LogP contribution in [-0.4, -0.2) is 24.1 Å². The van der Waals surface area contributed by atoms with Crippen LogP contribution in [0.2, 0.25) is 0 Å². The van der Waals surface area contributed by atoms with Crippen molar-refractivity contribution in [3.05, 3.63) is 59.9 Å². The van der Waals surface area contributed by atoms with E-state index in [1.807, 2.05) is 19.1 Å². The van der Waals surface area contributed by atoms with E-state index in [4.69, 9.17) is 9.47 Å². The van der Waals surface area contributed by atoms with Gasteiger partial charge in [0.2, 0.25) is 0 Å². The van der Waals surface area contributed by atoms with Crippen molar-refractivity contribution in [3.63, 3.8) is 0 Å². The molecular formula is C20H22FNO4. The van der Waals surface area contributed by atoms with Gasteiger partial charge in [0.1, 0.15) is 11.6 Å². The van der Waals surface area contributed by atoms with E-state index >= 15 is 0 Å². The van der Waals surface area contributed by atoms with Gasteiger partial charge in [0.15, 0.2) is 12.2 Å². The molecule has 0 aliphatic heterocycles. The molecule has 0 aromatic heterocycles. The zero-order chi connectivity index (χ0) is 19.1. The van der Waals surface area contributed by atoms with Crippen LogP contribution in [0.4, 0.5) is 10.1 Å². The fourth-order valence-corrected chi connectivity index (χ4v) is 2.16. The fraction of sp³-hybridized carbons (Fsp3) is 0.300. The van der Waals surface area contributed by atoms with E-state index in [1.54, 1.807) is 12.1 Å². The molecule has 0 heterocycles. The van der Waals surface area contributed by atoms with Gasteiger partial charge in [0, 0.05) is 5.69 Å². The van der Waals surface area contributed by atoms with Crippen molar-refractivity contribution in [3.8, 4) is 5.75 Å². The number of hydrogen-bond donors (Lipinski definition) is 1. The Hall–Kier alpha value is -2.89. The standard InChI is InChI=1S/C20H22FNO4/c1-4-15-5-9-17(10-6-15)22-19(23)13(2)26-20(24)14(3)25-18-11-7-16(21)8-12-18/h5-14H,4H2,1-3H3,(H,22,23)/t13-,14+/m1/s1. The Morgan fingerprint density at radius 3 is 2.19 bits per heavy atom. The monoisotopic (exact) mass is 359 g/mol. The lowest BCUT2D eigenvalue weighted by atomic mass is 10.1. The first kappa shape index (κ1) is 19.4. The van der Waals surface area contributed by atoms with Crippen LogP contribution in [0.15, 0.2) is 48.5 Å². The van der Waals surface area contributed by atoms with E-state index < -0.39 is 29.9 Å². The van der Waals surface area contributed by atoms with E-state index in [-0.39, 0.29) is 0 Å². The van der Waals surface area contributed by atoms with Crippen LogP contribution in [0.3, 0.4) is 0 Å². The molecule has 6 heteroatoms. The molecule has 0 saturated heterocycles. The second-order valence-corrected chi connectivity index (χ2v) is 5.83. The maximum absolute atomic E-state index is 12.9. The third-order valence-electron chi connectivity index (χ3n) is 3.75. The molecule has 5 nitrogen and oxygen atoms in total. The summed E-state index contributed by atoms with van der Waals surface area (Å²) in [4.78, 5) is 24.2. The topological polar surface area (TPSA) is 64.6 Å². The van der Waals surface area contributed by atoms with Gasteiger partial charge in [0.25, 0.3) is 5.91 Å². The minimum atomic E-state index is -0.979. The van der Waals surface area contributed by atoms with Gasteiger partial charge in [-0.15, -0.1) is 0 Å². The van der Waals surface area contributed by atoms with E-state index in [0.717, 1.165) is 12.0 Å². The molecule has 0 aliphatic rings. The summed E-state index contributed by atoms with van der Waals surface area (Å²) in [6, 6.07) is 12.7. The molecule has 1 amide bonds. The molecule has 0 fully saturated rings. The van der Waals surface area contributed by atoms with Crippen molar-refractivity contribution in [2.45, 2.75) is 39.4 Å². The zero-order valence-electron chi connectivity index (χ0n) is 15.0. The molecule has 2 atom stereocenters. The first-order valence-electron chi connectivity index (χ1n) is 8.41. The predicted molar refractivity (Wildman–Crippen MR) is 96.5 cm³/mol. The van der Waals surface area contributed by atoms with E-state index in [2.05, 4.69) is 5.32 Å². The Bertz CT molecular complexity index is 743. The number of rotatable bonds is 7. The summed E-state index contributed by atoms with van der Waals surface area (Å²) in [5.41, 5.74) is 1.79. The molecule has 138 valence electrons. The second kappa shape index (κ2) is 8.99. The first-order valence-corrected chi connectivity index (χ1v) is 8.41. The molecule has 0 unspecified atom stereocenters. The van der Waals surface area contributed by atoms with Crippen LogP contribution in [0.5, 0.6) is 5.75 Å². The van der Waals surface area contributed by atoms with Crippen molar-refractivity contribution in [1.82, 2.24) is 0 Å². The van der Waals surface area contributed by atoms with Crippen molar-refractivity contribution in [2.75, 3.05) is 5.32 Å². The molecule has 0 spiro atoms. The number of halogens is 1. The highest BCUT2D eigenvalue weighted by atomic mass is 19.1. The number of anilines is 1. The summed E-state index contributed by atoms with van der Waals surface area (Å²) in [6.45, 7) is 5.03. The van der Waals surface area contributed by atoms with Gasteiger partial charge in [0.05, 0.1) is 0 Å². The number of amides is 1. The number of carbonyl (C=O) groups is 2. The van der Waals surface area contributed by atoms with E-state index in [0.29, 0.717) is 11.4 Å². The number of carbonyl (C=O) groups excluding carboxylic acids is 2. The summed E-state index contributed by atoms with van der Waals surface area (Å²) >= 11 is 0. The predicted octanol–water partition coefficient (Wildman–Crippen LogP) is 3.73. The molecule has 0 radical (unpaired) electrons. The van der Waals surface area contributed by atoms with Gasteiger partial charge in [-0.2, -0.15) is 0 Å². The van der Waals surface area contributed by atoms with Crippen LogP contribution < -0.4 is 10.1 Å². The molecule has 0 aliphatic carbocycles. The van der Waals surface area contributed by atoms with Gasteiger partial charge < -0.3 is 14.8 Å². The van der Waals surface area contributed by atoms with Gasteiger partial charge in [-0.05, 0) is 62.2 Å². The Balaban J connectivity index is 1.86. The molecule has 0 bridgehead atoms. The molecule has 0 saturated carbocycles. The van der Waals surface area contributed by atoms with Gasteiger partial charge in [-0.1, -0.05) is 19.1 Å². The maximum atomic E-state index is 12.9. The largest absolute Gasteiger partial charge is 0.479 e. The second-order valence-electron chi connectivity index (χ2n) is 5.83. The van der Waals surface area contributed by atoms with Crippen molar-refractivity contribution >= 4 is 17.6 Å². The van der Waals surface area contributed by atoms with E-state index in [1.165, 1.54) is 38.1 Å². The number of ether oxygens (including phenoxy) is 2. The average Bonchev–Trinajstić information content (AvgIpc) is 2.64. The number of esters is 1. The van der Waals surface area contributed by atoms with Crippen LogP contribution in [-0.2, 0) is 20.7 Å². The molecule has 2 aromatic carbocycles. The highest BCUT2D eigenvalue weighted by molar-refractivity contribution is 5.95. The molecular weight excluding hydrogens is 337 g/mol. The van der Waals surface area contributed by atoms with Crippen LogP contribution in [0.1, 0.15) is 26.3 Å². The minimum absolute atomic E-state index is 0.337. The third-order valence-corrected chi connectivity index (χ3v) is 3.75. The van der Waals surface area contributed by atoms with Gasteiger partial charge >= 0.3 is 5.97 Å². The quantitative estimate of drug-likeness (QED) is 0.765. The lowest BCUT2D eigenvalue weighted by Gasteiger charge is -2.18. The number of nitrogens with one attached hydrogen (secondary N) is 1. The maximum Gasteiger partial charge on any atom is 0.347 e. The number of benzene rings is 2. The SMILES string of the molecule is CCc1ccc(NC(=O)[C@@H](C)OC(=O)[C@H](C)Oc2ccc(F)cc2)cc1. The summed E-state index contributed by atoms with van der Waals surface area (Å²) in [5.74, 6) is -1.18. The molecule has 2 aromatic rings. The zero-order valence-corrected chi connectivity index (χ0v) is 15.0. The van der Waals surface area contributed by atoms with Crippen molar-refractivity contribution in [2.24, 2.45) is 0 Å². The highest BCUT2D eigenvalue weighted by Gasteiger charge is 2.23. The van der Waals surface area contributed by atoms with E-state index in [9.17, 15) is 14.0 Å². The molecule has 2 rings (SSSR count). The molecule has 1 N–H and O–H groups in total. The number of hydrogen-bond acceptors (Lipinski definition) is 4. The Morgan fingerprint density at radius 1 is 1.00 bits per heavy atom. The van der Waals surface area contributed by atoms with Crippen molar-refractivity contribution in [1.29, 1.82) is 0 Å². The Kier molecular flexibility index (Phi) is 6.72. The lowest BCUT2D eigenvalue weighted by Crippen LogP contribution is -2.35. The number of aryl methyl sites for hydroxylation is 1. The normalized spacial score (nSPS) is 12.8.